The fourth-order valence-electron chi connectivity index (χ4n) is 2.53. The van der Waals surface area contributed by atoms with Crippen LogP contribution in [0.1, 0.15) is 37.6 Å². The maximum absolute atomic E-state index is 4.66. The minimum atomic E-state index is 0. The van der Waals surface area contributed by atoms with Crippen molar-refractivity contribution in [3.63, 3.8) is 0 Å². The largest absolute Gasteiger partial charge is 0.357 e. The number of rotatable bonds is 6. The summed E-state index contributed by atoms with van der Waals surface area (Å²) in [5, 5.41) is 11.0. The maximum atomic E-state index is 4.66. The molecule has 0 radical (unpaired) electrons. The lowest BCUT2D eigenvalue weighted by molar-refractivity contribution is 0.508. The van der Waals surface area contributed by atoms with Crippen molar-refractivity contribution >= 4 is 29.9 Å². The van der Waals surface area contributed by atoms with E-state index in [0.29, 0.717) is 6.54 Å². The van der Waals surface area contributed by atoms with Crippen molar-refractivity contribution in [1.82, 2.24) is 20.4 Å². The number of aromatic nitrogens is 2. The van der Waals surface area contributed by atoms with E-state index in [1.54, 1.807) is 6.20 Å². The third-order valence-electron chi connectivity index (χ3n) is 4.16. The van der Waals surface area contributed by atoms with Gasteiger partial charge in [-0.25, -0.2) is 4.99 Å². The maximum Gasteiger partial charge on any atom is 0.191 e. The van der Waals surface area contributed by atoms with Crippen molar-refractivity contribution in [1.29, 1.82) is 0 Å². The number of nitrogens with zero attached hydrogens (tertiary/aromatic N) is 3. The lowest BCUT2D eigenvalue weighted by Crippen LogP contribution is -2.43. The molecule has 0 spiro atoms. The van der Waals surface area contributed by atoms with Crippen LogP contribution >= 0.6 is 24.0 Å². The molecule has 0 saturated heterocycles. The Bertz CT molecular complexity index is 691. The quantitative estimate of drug-likeness (QED) is 0.399. The zero-order valence-corrected chi connectivity index (χ0v) is 18.2. The van der Waals surface area contributed by atoms with E-state index in [-0.39, 0.29) is 29.4 Å². The van der Waals surface area contributed by atoms with E-state index in [0.717, 1.165) is 24.7 Å². The fraction of sp³-hybridized carbons (Fsp3) is 0.474. The molecular formula is C19H30IN5. The molecular weight excluding hydrogens is 425 g/mol. The Kier molecular flexibility index (Phi) is 8.41. The summed E-state index contributed by atoms with van der Waals surface area (Å²) in [5.41, 5.74) is 3.73. The van der Waals surface area contributed by atoms with Crippen LogP contribution in [-0.4, -0.2) is 28.8 Å². The smallest absolute Gasteiger partial charge is 0.191 e. The molecule has 2 rings (SSSR count). The highest BCUT2D eigenvalue weighted by Crippen LogP contribution is 2.22. The highest BCUT2D eigenvalue weighted by Gasteiger charge is 2.21. The first-order valence-corrected chi connectivity index (χ1v) is 8.48. The summed E-state index contributed by atoms with van der Waals surface area (Å²) < 4.78 is 1.85. The van der Waals surface area contributed by atoms with Crippen LogP contribution in [0.15, 0.2) is 41.5 Å². The van der Waals surface area contributed by atoms with E-state index in [1.807, 2.05) is 17.8 Å². The topological polar surface area (TPSA) is 54.2 Å². The summed E-state index contributed by atoms with van der Waals surface area (Å²) in [6.07, 6.45) is 1.80. The molecule has 0 bridgehead atoms. The molecule has 0 aliphatic rings. The summed E-state index contributed by atoms with van der Waals surface area (Å²) in [7, 11) is 1.94. The van der Waals surface area contributed by atoms with Crippen LogP contribution in [0.4, 0.5) is 0 Å². The van der Waals surface area contributed by atoms with Crippen molar-refractivity contribution in [2.75, 3.05) is 13.1 Å². The second-order valence-electron chi connectivity index (χ2n) is 6.75. The van der Waals surface area contributed by atoms with Crippen molar-refractivity contribution in [3.05, 3.63) is 53.3 Å². The zero-order valence-electron chi connectivity index (χ0n) is 15.8. The van der Waals surface area contributed by atoms with Crippen LogP contribution in [0.5, 0.6) is 0 Å². The average Bonchev–Trinajstić information content (AvgIpc) is 2.95. The second kappa shape index (κ2) is 9.79. The van der Waals surface area contributed by atoms with Crippen LogP contribution < -0.4 is 10.6 Å². The molecule has 0 unspecified atom stereocenters. The Morgan fingerprint density at radius 3 is 2.60 bits per heavy atom. The number of benzene rings is 1. The minimum Gasteiger partial charge on any atom is -0.357 e. The third kappa shape index (κ3) is 6.34. The van der Waals surface area contributed by atoms with E-state index in [4.69, 9.17) is 0 Å². The lowest BCUT2D eigenvalue weighted by atomic mass is 9.84. The van der Waals surface area contributed by atoms with Crippen molar-refractivity contribution in [2.24, 2.45) is 12.0 Å². The van der Waals surface area contributed by atoms with Gasteiger partial charge in [0.05, 0.1) is 12.2 Å². The number of hydrogen-bond donors (Lipinski definition) is 2. The van der Waals surface area contributed by atoms with Crippen LogP contribution in [0.3, 0.4) is 0 Å². The normalized spacial score (nSPS) is 11.8. The molecule has 1 aromatic heterocycles. The number of guanidine groups is 1. The zero-order chi connectivity index (χ0) is 17.6. The van der Waals surface area contributed by atoms with Gasteiger partial charge in [0.15, 0.2) is 5.96 Å². The molecule has 2 N–H and O–H groups in total. The Balaban J connectivity index is 0.00000312. The van der Waals surface area contributed by atoms with Crippen LogP contribution in [0.2, 0.25) is 0 Å². The van der Waals surface area contributed by atoms with Gasteiger partial charge in [-0.3, -0.25) is 4.68 Å². The number of nitrogens with one attached hydrogen (secondary N) is 2. The van der Waals surface area contributed by atoms with Gasteiger partial charge in [0.2, 0.25) is 0 Å². The summed E-state index contributed by atoms with van der Waals surface area (Å²) >= 11 is 0. The van der Waals surface area contributed by atoms with Gasteiger partial charge in [-0.05, 0) is 25.5 Å². The predicted octanol–water partition coefficient (Wildman–Crippen LogP) is 3.38. The van der Waals surface area contributed by atoms with E-state index in [1.165, 1.54) is 11.1 Å². The first kappa shape index (κ1) is 21.5. The number of halogens is 1. The Morgan fingerprint density at radius 2 is 2.00 bits per heavy atom. The van der Waals surface area contributed by atoms with E-state index in [9.17, 15) is 0 Å². The third-order valence-corrected chi connectivity index (χ3v) is 4.16. The Morgan fingerprint density at radius 1 is 1.24 bits per heavy atom. The van der Waals surface area contributed by atoms with Gasteiger partial charge in [0, 0.05) is 31.7 Å². The molecule has 138 valence electrons. The van der Waals surface area contributed by atoms with Gasteiger partial charge in [0.25, 0.3) is 0 Å². The molecule has 1 aromatic carbocycles. The number of aliphatic imine (C=N–C) groups is 1. The Labute approximate surface area is 168 Å². The number of hydrogen-bond acceptors (Lipinski definition) is 2. The second-order valence-corrected chi connectivity index (χ2v) is 6.75. The number of aryl methyl sites for hydroxylation is 2. The molecule has 0 saturated carbocycles. The molecule has 25 heavy (non-hydrogen) atoms. The van der Waals surface area contributed by atoms with E-state index < -0.39 is 0 Å². The van der Waals surface area contributed by atoms with Gasteiger partial charge in [0.1, 0.15) is 0 Å². The molecule has 1 heterocycles. The van der Waals surface area contributed by atoms with E-state index >= 15 is 0 Å². The first-order valence-electron chi connectivity index (χ1n) is 8.48. The van der Waals surface area contributed by atoms with Crippen LogP contribution in [0, 0.1) is 6.92 Å². The molecule has 5 nitrogen and oxygen atoms in total. The van der Waals surface area contributed by atoms with Crippen LogP contribution in [0.25, 0.3) is 0 Å². The average molecular weight is 455 g/mol. The van der Waals surface area contributed by atoms with Gasteiger partial charge in [-0.1, -0.05) is 43.7 Å². The summed E-state index contributed by atoms with van der Waals surface area (Å²) in [6.45, 7) is 11.0. The van der Waals surface area contributed by atoms with Gasteiger partial charge in [-0.2, -0.15) is 5.10 Å². The minimum absolute atomic E-state index is 0. The highest BCUT2D eigenvalue weighted by molar-refractivity contribution is 14.0. The fourth-order valence-corrected chi connectivity index (χ4v) is 2.53. The standard InChI is InChI=1S/C19H29N5.HI/c1-6-20-18(21-13-17-10-11-23-24(17)5)22-14-19(3,4)16-9-7-8-15(2)12-16;/h7-12H,6,13-14H2,1-5H3,(H2,20,21,22);1H. The summed E-state index contributed by atoms with van der Waals surface area (Å²) in [6, 6.07) is 10.7. The summed E-state index contributed by atoms with van der Waals surface area (Å²) in [4.78, 5) is 4.66. The highest BCUT2D eigenvalue weighted by atomic mass is 127. The van der Waals surface area contributed by atoms with Crippen molar-refractivity contribution in [3.8, 4) is 0 Å². The lowest BCUT2D eigenvalue weighted by Gasteiger charge is -2.27. The van der Waals surface area contributed by atoms with Gasteiger partial charge >= 0.3 is 0 Å². The SMILES string of the molecule is CCNC(=NCc1ccnn1C)NCC(C)(C)c1cccc(C)c1.I. The monoisotopic (exact) mass is 455 g/mol. The molecule has 0 fully saturated rings. The molecule has 0 atom stereocenters. The predicted molar refractivity (Wildman–Crippen MR) is 116 cm³/mol. The molecule has 0 amide bonds. The van der Waals surface area contributed by atoms with Crippen molar-refractivity contribution in [2.45, 2.75) is 39.7 Å². The van der Waals surface area contributed by atoms with Gasteiger partial charge < -0.3 is 10.6 Å². The molecule has 6 heteroatoms. The Hall–Kier alpha value is -1.57. The molecule has 0 aliphatic carbocycles. The molecule has 0 aliphatic heterocycles. The molecule has 2 aromatic rings. The summed E-state index contributed by atoms with van der Waals surface area (Å²) in [5.74, 6) is 0.833. The first-order chi connectivity index (χ1) is 11.4. The van der Waals surface area contributed by atoms with Crippen molar-refractivity contribution < 1.29 is 0 Å². The van der Waals surface area contributed by atoms with E-state index in [2.05, 4.69) is 72.7 Å². The van der Waals surface area contributed by atoms with Crippen LogP contribution in [-0.2, 0) is 19.0 Å². The van der Waals surface area contributed by atoms with Gasteiger partial charge in [-0.15, -0.1) is 24.0 Å².